The Hall–Kier alpha value is -3.06. The average molecular weight is 464 g/mol. The number of hydrogen-bond donors (Lipinski definition) is 1. The first-order chi connectivity index (χ1) is 16.0. The second-order valence-corrected chi connectivity index (χ2v) is 9.14. The quantitative estimate of drug-likeness (QED) is 0.323. The van der Waals surface area contributed by atoms with Crippen LogP contribution in [0.5, 0.6) is 0 Å². The van der Waals surface area contributed by atoms with Crippen LogP contribution in [0.4, 0.5) is 5.13 Å². The van der Waals surface area contributed by atoms with E-state index in [-0.39, 0.29) is 11.8 Å². The number of fused-ring (bicyclic) bond motifs is 1. The monoisotopic (exact) mass is 463 g/mol. The van der Waals surface area contributed by atoms with Gasteiger partial charge in [0.05, 0.1) is 17.1 Å². The molecule has 2 heterocycles. The van der Waals surface area contributed by atoms with Gasteiger partial charge in [0.15, 0.2) is 0 Å². The van der Waals surface area contributed by atoms with Gasteiger partial charge >= 0.3 is 0 Å². The number of aromatic nitrogens is 4. The molecular weight excluding hydrogens is 430 g/mol. The van der Waals surface area contributed by atoms with Crippen molar-refractivity contribution in [2.75, 3.05) is 5.32 Å². The zero-order valence-corrected chi connectivity index (χ0v) is 20.9. The second-order valence-electron chi connectivity index (χ2n) is 8.30. The molecule has 0 saturated heterocycles. The summed E-state index contributed by atoms with van der Waals surface area (Å²) in [7, 11) is 0. The highest BCUT2D eigenvalue weighted by Crippen LogP contribution is 2.42. The number of nitrogens with one attached hydrogen (secondary N) is 1. The Morgan fingerprint density at radius 1 is 1.12 bits per heavy atom. The van der Waals surface area contributed by atoms with Gasteiger partial charge in [-0.3, -0.25) is 9.48 Å². The number of amides is 1. The molecule has 33 heavy (non-hydrogen) atoms. The first kappa shape index (κ1) is 24.6. The van der Waals surface area contributed by atoms with Crippen molar-refractivity contribution >= 4 is 33.3 Å². The third-order valence-electron chi connectivity index (χ3n) is 5.74. The maximum Gasteiger partial charge on any atom is 0.232 e. The maximum absolute atomic E-state index is 13.3. The van der Waals surface area contributed by atoms with Crippen molar-refractivity contribution in [3.63, 3.8) is 0 Å². The molecule has 0 fully saturated rings. The van der Waals surface area contributed by atoms with Gasteiger partial charge < -0.3 is 5.32 Å². The molecule has 1 N–H and O–H groups in total. The maximum atomic E-state index is 13.3. The summed E-state index contributed by atoms with van der Waals surface area (Å²) in [5.74, 6) is -0.221. The highest BCUT2D eigenvalue weighted by Gasteiger charge is 2.39. The Kier molecular flexibility index (Phi) is 8.33. The molecule has 1 amide bonds. The Labute approximate surface area is 200 Å². The lowest BCUT2D eigenvalue weighted by Crippen LogP contribution is -2.37. The SMILES string of the molecule is CC.CCCCn1ncc2cc(C(c3ccccc3)C(C)(C)C(=O)Nc3nncs3)ccc21. The van der Waals surface area contributed by atoms with Gasteiger partial charge in [-0.15, -0.1) is 10.2 Å². The molecule has 174 valence electrons. The number of hydrogen-bond acceptors (Lipinski definition) is 5. The fraction of sp³-hybridized carbons (Fsp3) is 0.385. The van der Waals surface area contributed by atoms with Crippen molar-refractivity contribution in [2.24, 2.45) is 5.41 Å². The molecule has 6 nitrogen and oxygen atoms in total. The van der Waals surface area contributed by atoms with Crippen molar-refractivity contribution in [1.82, 2.24) is 20.0 Å². The van der Waals surface area contributed by atoms with Crippen molar-refractivity contribution in [2.45, 2.75) is 59.9 Å². The Morgan fingerprint density at radius 2 is 1.88 bits per heavy atom. The van der Waals surface area contributed by atoms with Crippen LogP contribution in [0.15, 0.2) is 60.2 Å². The minimum atomic E-state index is -0.723. The molecule has 2 aromatic heterocycles. The van der Waals surface area contributed by atoms with Crippen molar-refractivity contribution < 1.29 is 4.79 Å². The number of aryl methyl sites for hydroxylation is 1. The van der Waals surface area contributed by atoms with Crippen LogP contribution in [0.2, 0.25) is 0 Å². The summed E-state index contributed by atoms with van der Waals surface area (Å²) in [5.41, 5.74) is 4.20. The lowest BCUT2D eigenvalue weighted by molar-refractivity contribution is -0.124. The predicted molar refractivity (Wildman–Crippen MR) is 137 cm³/mol. The van der Waals surface area contributed by atoms with Crippen LogP contribution in [0.25, 0.3) is 10.9 Å². The molecule has 0 aliphatic heterocycles. The van der Waals surface area contributed by atoms with E-state index in [4.69, 9.17) is 0 Å². The highest BCUT2D eigenvalue weighted by atomic mass is 32.1. The normalized spacial score (nSPS) is 12.2. The van der Waals surface area contributed by atoms with Crippen LogP contribution in [0, 0.1) is 5.41 Å². The molecule has 4 rings (SSSR count). The van der Waals surface area contributed by atoms with Gasteiger partial charge in [-0.1, -0.05) is 88.8 Å². The minimum absolute atomic E-state index is 0.0863. The van der Waals surface area contributed by atoms with Gasteiger partial charge in [0.2, 0.25) is 11.0 Å². The number of anilines is 1. The molecular formula is C26H33N5OS. The van der Waals surface area contributed by atoms with E-state index in [0.717, 1.165) is 41.4 Å². The summed E-state index contributed by atoms with van der Waals surface area (Å²) in [6.45, 7) is 11.1. The van der Waals surface area contributed by atoms with Crippen LogP contribution in [-0.4, -0.2) is 25.9 Å². The zero-order valence-electron chi connectivity index (χ0n) is 20.1. The molecule has 1 unspecified atom stereocenters. The lowest BCUT2D eigenvalue weighted by Gasteiger charge is -2.33. The number of unbranched alkanes of at least 4 members (excludes halogenated alkanes) is 1. The summed E-state index contributed by atoms with van der Waals surface area (Å²) in [4.78, 5) is 13.3. The molecule has 0 saturated carbocycles. The minimum Gasteiger partial charge on any atom is -0.300 e. The molecule has 0 radical (unpaired) electrons. The molecule has 0 aliphatic carbocycles. The summed E-state index contributed by atoms with van der Waals surface area (Å²) < 4.78 is 2.06. The third-order valence-corrected chi connectivity index (χ3v) is 6.35. The first-order valence-corrected chi connectivity index (χ1v) is 12.5. The van der Waals surface area contributed by atoms with Crippen molar-refractivity contribution in [3.8, 4) is 0 Å². The Balaban J connectivity index is 0.00000149. The van der Waals surface area contributed by atoms with Gasteiger partial charge in [-0.05, 0) is 29.7 Å². The predicted octanol–water partition coefficient (Wildman–Crippen LogP) is 6.51. The number of carbonyl (C=O) groups excluding carboxylic acids is 1. The van der Waals surface area contributed by atoms with Crippen molar-refractivity contribution in [1.29, 1.82) is 0 Å². The molecule has 0 bridgehead atoms. The smallest absolute Gasteiger partial charge is 0.232 e. The van der Waals surface area contributed by atoms with Gasteiger partial charge in [-0.25, -0.2) is 0 Å². The van der Waals surface area contributed by atoms with Gasteiger partial charge in [0.1, 0.15) is 5.51 Å². The van der Waals surface area contributed by atoms with Gasteiger partial charge in [-0.2, -0.15) is 5.10 Å². The zero-order chi connectivity index (χ0) is 23.8. The van der Waals surface area contributed by atoms with Crippen molar-refractivity contribution in [3.05, 3.63) is 71.4 Å². The number of carbonyl (C=O) groups is 1. The fourth-order valence-electron chi connectivity index (χ4n) is 4.06. The number of benzene rings is 2. The first-order valence-electron chi connectivity index (χ1n) is 11.6. The Morgan fingerprint density at radius 3 is 2.55 bits per heavy atom. The molecule has 4 aromatic rings. The molecule has 7 heteroatoms. The summed E-state index contributed by atoms with van der Waals surface area (Å²) in [6, 6.07) is 16.6. The van der Waals surface area contributed by atoms with E-state index in [1.807, 2.05) is 52.1 Å². The molecule has 2 aromatic carbocycles. The number of rotatable bonds is 8. The van der Waals surface area contributed by atoms with Gasteiger partial charge in [0, 0.05) is 17.8 Å². The van der Waals surface area contributed by atoms with Crippen LogP contribution < -0.4 is 5.32 Å². The lowest BCUT2D eigenvalue weighted by atomic mass is 9.70. The summed E-state index contributed by atoms with van der Waals surface area (Å²) in [5, 5.41) is 16.9. The van der Waals surface area contributed by atoms with Crippen LogP contribution in [0.1, 0.15) is 64.5 Å². The average Bonchev–Trinajstić information content (AvgIpc) is 3.49. The van der Waals surface area contributed by atoms with Crippen LogP contribution in [0.3, 0.4) is 0 Å². The molecule has 0 spiro atoms. The summed E-state index contributed by atoms with van der Waals surface area (Å²) in [6.07, 6.45) is 4.16. The van der Waals surface area contributed by atoms with E-state index in [2.05, 4.69) is 62.6 Å². The standard InChI is InChI=1S/C24H27N5OS.C2H6/c1-4-5-13-29-20-12-11-18(14-19(20)15-26-29)21(17-9-7-6-8-10-17)24(2,3)22(30)27-23-28-25-16-31-23;1-2/h6-12,14-16,21H,4-5,13H2,1-3H3,(H,27,28,30);1-2H3. The van der Waals surface area contributed by atoms with E-state index in [9.17, 15) is 4.79 Å². The third kappa shape index (κ3) is 5.47. The van der Waals surface area contributed by atoms with Crippen LogP contribution >= 0.6 is 11.3 Å². The topological polar surface area (TPSA) is 72.7 Å². The molecule has 1 atom stereocenters. The van der Waals surface area contributed by atoms with Gasteiger partial charge in [0.25, 0.3) is 0 Å². The summed E-state index contributed by atoms with van der Waals surface area (Å²) >= 11 is 1.32. The van der Waals surface area contributed by atoms with E-state index in [1.165, 1.54) is 11.3 Å². The number of nitrogens with zero attached hydrogens (tertiary/aromatic N) is 4. The fourth-order valence-corrected chi connectivity index (χ4v) is 4.50. The Bertz CT molecular complexity index is 1150. The van der Waals surface area contributed by atoms with E-state index in [1.54, 1.807) is 5.51 Å². The largest absolute Gasteiger partial charge is 0.300 e. The second kappa shape index (κ2) is 11.2. The van der Waals surface area contributed by atoms with E-state index >= 15 is 0 Å². The molecule has 0 aliphatic rings. The van der Waals surface area contributed by atoms with E-state index in [0.29, 0.717) is 5.13 Å². The van der Waals surface area contributed by atoms with E-state index < -0.39 is 5.41 Å². The van der Waals surface area contributed by atoms with Crippen LogP contribution in [-0.2, 0) is 11.3 Å². The highest BCUT2D eigenvalue weighted by molar-refractivity contribution is 7.13.